The van der Waals surface area contributed by atoms with E-state index in [0.29, 0.717) is 6.54 Å². The highest BCUT2D eigenvalue weighted by atomic mass is 16.2. The first-order chi connectivity index (χ1) is 6.21. The third kappa shape index (κ3) is 0.885. The molecule has 0 aromatic rings. The molecule has 0 aliphatic carbocycles. The van der Waals surface area contributed by atoms with E-state index in [9.17, 15) is 4.79 Å². The average Bonchev–Trinajstić information content (AvgIpc) is 2.88. The van der Waals surface area contributed by atoms with Crippen LogP contribution in [0.5, 0.6) is 0 Å². The molecule has 4 nitrogen and oxygen atoms in total. The van der Waals surface area contributed by atoms with Crippen LogP contribution in [0, 0.1) is 5.41 Å². The van der Waals surface area contributed by atoms with Crippen molar-refractivity contribution in [2.75, 3.05) is 6.54 Å². The van der Waals surface area contributed by atoms with Crippen molar-refractivity contribution >= 4 is 5.91 Å². The van der Waals surface area contributed by atoms with E-state index in [2.05, 4.69) is 15.5 Å². The number of carbonyl (C=O) groups excluding carboxylic acids is 1. The number of piperidine rings is 1. The maximum Gasteiger partial charge on any atom is 0.230 e. The Morgan fingerprint density at radius 1 is 1.38 bits per heavy atom. The summed E-state index contributed by atoms with van der Waals surface area (Å²) in [6, 6.07) is 0. The molecular formula is C9H15N3O. The third-order valence-electron chi connectivity index (χ3n) is 3.51. The second-order valence-corrected chi connectivity index (χ2v) is 3.81. The average molecular weight is 181 g/mol. The number of nitrogens with one attached hydrogen (secondary N) is 1. The molecule has 13 heavy (non-hydrogen) atoms. The zero-order valence-electron chi connectivity index (χ0n) is 8.13. The van der Waals surface area contributed by atoms with Gasteiger partial charge in [-0.2, -0.15) is 10.2 Å². The molecule has 1 amide bonds. The number of nitrogens with zero attached hydrogens (tertiary/aromatic N) is 2. The summed E-state index contributed by atoms with van der Waals surface area (Å²) in [4.78, 5) is 11.8. The normalized spacial score (nSPS) is 27.4. The van der Waals surface area contributed by atoms with Crippen LogP contribution in [0.15, 0.2) is 10.2 Å². The molecule has 0 saturated carbocycles. The van der Waals surface area contributed by atoms with E-state index in [4.69, 9.17) is 0 Å². The zero-order chi connectivity index (χ0) is 9.53. The Hall–Kier alpha value is -0.930. The summed E-state index contributed by atoms with van der Waals surface area (Å²) in [5.74, 6) is 0.133. The fourth-order valence-electron chi connectivity index (χ4n) is 2.43. The Morgan fingerprint density at radius 2 is 2.00 bits per heavy atom. The monoisotopic (exact) mass is 181 g/mol. The van der Waals surface area contributed by atoms with Gasteiger partial charge < -0.3 is 5.32 Å². The van der Waals surface area contributed by atoms with Gasteiger partial charge in [-0.05, 0) is 12.8 Å². The van der Waals surface area contributed by atoms with E-state index < -0.39 is 0 Å². The van der Waals surface area contributed by atoms with Gasteiger partial charge in [0.2, 0.25) is 11.6 Å². The molecule has 72 valence electrons. The topological polar surface area (TPSA) is 53.8 Å². The lowest BCUT2D eigenvalue weighted by molar-refractivity contribution is -0.136. The second kappa shape index (κ2) is 2.53. The first-order valence-corrected chi connectivity index (χ1v) is 4.93. The van der Waals surface area contributed by atoms with Crippen LogP contribution in [0.25, 0.3) is 0 Å². The zero-order valence-corrected chi connectivity index (χ0v) is 8.13. The first kappa shape index (κ1) is 8.66. The number of hydrogen-bond donors (Lipinski definition) is 1. The Bertz CT molecular complexity index is 262. The van der Waals surface area contributed by atoms with Gasteiger partial charge in [-0.3, -0.25) is 4.79 Å². The highest BCUT2D eigenvalue weighted by Crippen LogP contribution is 2.53. The molecule has 2 heterocycles. The van der Waals surface area contributed by atoms with Crippen LogP contribution in [0.3, 0.4) is 0 Å². The van der Waals surface area contributed by atoms with Crippen molar-refractivity contribution in [3.8, 4) is 0 Å². The largest absolute Gasteiger partial charge is 0.355 e. The van der Waals surface area contributed by atoms with Crippen molar-refractivity contribution in [1.82, 2.24) is 5.32 Å². The van der Waals surface area contributed by atoms with Crippen LogP contribution in [0.4, 0.5) is 0 Å². The SMILES string of the molecule is CCC1(CC)C(=O)NCCC12N=N2. The summed E-state index contributed by atoms with van der Waals surface area (Å²) >= 11 is 0. The summed E-state index contributed by atoms with van der Waals surface area (Å²) in [5.41, 5.74) is -0.704. The van der Waals surface area contributed by atoms with Crippen LogP contribution in [-0.4, -0.2) is 18.1 Å². The maximum absolute atomic E-state index is 11.8. The van der Waals surface area contributed by atoms with Gasteiger partial charge in [0.1, 0.15) is 0 Å². The molecule has 1 N–H and O–H groups in total. The Labute approximate surface area is 77.8 Å². The van der Waals surface area contributed by atoms with Gasteiger partial charge in [-0.15, -0.1) is 0 Å². The molecular weight excluding hydrogens is 166 g/mol. The van der Waals surface area contributed by atoms with Gasteiger partial charge in [-0.1, -0.05) is 13.8 Å². The van der Waals surface area contributed by atoms with Crippen LogP contribution >= 0.6 is 0 Å². The molecule has 2 aliphatic heterocycles. The molecule has 4 heteroatoms. The molecule has 0 radical (unpaired) electrons. The van der Waals surface area contributed by atoms with Crippen molar-refractivity contribution in [3.05, 3.63) is 0 Å². The lowest BCUT2D eigenvalue weighted by atomic mass is 9.69. The molecule has 0 bridgehead atoms. The van der Waals surface area contributed by atoms with E-state index >= 15 is 0 Å². The third-order valence-corrected chi connectivity index (χ3v) is 3.51. The fourth-order valence-corrected chi connectivity index (χ4v) is 2.43. The number of hydrogen-bond acceptors (Lipinski definition) is 3. The Kier molecular flexibility index (Phi) is 1.68. The lowest BCUT2D eigenvalue weighted by Gasteiger charge is -2.38. The van der Waals surface area contributed by atoms with Crippen molar-refractivity contribution in [1.29, 1.82) is 0 Å². The smallest absolute Gasteiger partial charge is 0.230 e. The van der Waals surface area contributed by atoms with Crippen molar-refractivity contribution in [2.45, 2.75) is 38.8 Å². The quantitative estimate of drug-likeness (QED) is 0.689. The van der Waals surface area contributed by atoms with Gasteiger partial charge >= 0.3 is 0 Å². The van der Waals surface area contributed by atoms with Crippen LogP contribution in [0.2, 0.25) is 0 Å². The van der Waals surface area contributed by atoms with E-state index in [1.165, 1.54) is 0 Å². The summed E-state index contributed by atoms with van der Waals surface area (Å²) in [5, 5.41) is 11.1. The van der Waals surface area contributed by atoms with Crippen molar-refractivity contribution in [2.24, 2.45) is 15.6 Å². The van der Waals surface area contributed by atoms with Crippen LogP contribution in [-0.2, 0) is 4.79 Å². The lowest BCUT2D eigenvalue weighted by Crippen LogP contribution is -2.56. The van der Waals surface area contributed by atoms with E-state index in [1.807, 2.05) is 13.8 Å². The van der Waals surface area contributed by atoms with Gasteiger partial charge in [0, 0.05) is 13.0 Å². The molecule has 1 saturated heterocycles. The van der Waals surface area contributed by atoms with Gasteiger partial charge in [0.15, 0.2) is 0 Å². The minimum atomic E-state index is -0.356. The first-order valence-electron chi connectivity index (χ1n) is 4.93. The van der Waals surface area contributed by atoms with Gasteiger partial charge in [-0.25, -0.2) is 0 Å². The van der Waals surface area contributed by atoms with Crippen LogP contribution < -0.4 is 5.32 Å². The predicted molar refractivity (Wildman–Crippen MR) is 48.2 cm³/mol. The van der Waals surface area contributed by atoms with E-state index in [0.717, 1.165) is 19.3 Å². The van der Waals surface area contributed by atoms with E-state index in [1.54, 1.807) is 0 Å². The Morgan fingerprint density at radius 3 is 2.38 bits per heavy atom. The van der Waals surface area contributed by atoms with Gasteiger partial charge in [0.05, 0.1) is 5.41 Å². The van der Waals surface area contributed by atoms with Crippen molar-refractivity contribution < 1.29 is 4.79 Å². The number of carbonyl (C=O) groups is 1. The number of rotatable bonds is 2. The Balaban J connectivity index is 2.32. The molecule has 0 atom stereocenters. The summed E-state index contributed by atoms with van der Waals surface area (Å²) in [7, 11) is 0. The number of amides is 1. The minimum absolute atomic E-state index is 0.133. The fraction of sp³-hybridized carbons (Fsp3) is 0.889. The maximum atomic E-state index is 11.8. The molecule has 0 aromatic heterocycles. The van der Waals surface area contributed by atoms with Gasteiger partial charge in [0.25, 0.3) is 0 Å². The van der Waals surface area contributed by atoms with Crippen LogP contribution in [0.1, 0.15) is 33.1 Å². The highest BCUT2D eigenvalue weighted by molar-refractivity contribution is 5.85. The molecule has 1 spiro atoms. The summed E-state index contributed by atoms with van der Waals surface area (Å²) < 4.78 is 0. The molecule has 0 aromatic carbocycles. The second-order valence-electron chi connectivity index (χ2n) is 3.81. The van der Waals surface area contributed by atoms with Crippen molar-refractivity contribution in [3.63, 3.8) is 0 Å². The molecule has 2 aliphatic rings. The van der Waals surface area contributed by atoms with E-state index in [-0.39, 0.29) is 17.0 Å². The molecule has 2 rings (SSSR count). The highest BCUT2D eigenvalue weighted by Gasteiger charge is 2.63. The standard InChI is InChI=1S/C9H15N3O/c1-3-8(4-2)7(13)10-6-5-9(8)11-12-9/h3-6H2,1-2H3,(H,10,13). The molecule has 1 fully saturated rings. The summed E-state index contributed by atoms with van der Waals surface area (Å²) in [6.07, 6.45) is 2.52. The summed E-state index contributed by atoms with van der Waals surface area (Å²) in [6.45, 7) is 4.80. The minimum Gasteiger partial charge on any atom is -0.355 e. The molecule has 0 unspecified atom stereocenters. The predicted octanol–water partition coefficient (Wildman–Crippen LogP) is 1.47.